The highest BCUT2D eigenvalue weighted by atomic mass is 16.3. The molecule has 0 heterocycles. The van der Waals surface area contributed by atoms with E-state index in [1.54, 1.807) is 6.07 Å². The predicted octanol–water partition coefficient (Wildman–Crippen LogP) is 2.80. The summed E-state index contributed by atoms with van der Waals surface area (Å²) in [5.74, 6) is 0.412. The van der Waals surface area contributed by atoms with Crippen LogP contribution in [-0.4, -0.2) is 17.6 Å². The van der Waals surface area contributed by atoms with Gasteiger partial charge in [0.25, 0.3) is 0 Å². The molecule has 2 N–H and O–H groups in total. The Hall–Kier alpha value is -1.51. The lowest BCUT2D eigenvalue weighted by molar-refractivity contribution is -0.129. The molecule has 18 heavy (non-hydrogen) atoms. The van der Waals surface area contributed by atoms with Crippen LogP contribution in [-0.2, 0) is 11.2 Å². The Labute approximate surface area is 109 Å². The van der Waals surface area contributed by atoms with Crippen LogP contribution < -0.4 is 5.32 Å². The number of rotatable bonds is 5. The SMILES string of the molecule is CCC(C)(C)C(=O)NCCc1ccc(O)c(C)c1. The van der Waals surface area contributed by atoms with Gasteiger partial charge >= 0.3 is 0 Å². The molecule has 100 valence electrons. The Bertz CT molecular complexity index is 425. The molecule has 0 spiro atoms. The van der Waals surface area contributed by atoms with Crippen molar-refractivity contribution in [2.24, 2.45) is 5.41 Å². The number of carbonyl (C=O) groups is 1. The number of aromatic hydroxyl groups is 1. The highest BCUT2D eigenvalue weighted by molar-refractivity contribution is 5.81. The van der Waals surface area contributed by atoms with Gasteiger partial charge < -0.3 is 10.4 Å². The van der Waals surface area contributed by atoms with Crippen molar-refractivity contribution in [2.45, 2.75) is 40.5 Å². The summed E-state index contributed by atoms with van der Waals surface area (Å²) in [6.45, 7) is 8.42. The van der Waals surface area contributed by atoms with Crippen LogP contribution in [0.3, 0.4) is 0 Å². The second-order valence-corrected chi connectivity index (χ2v) is 5.36. The number of aryl methyl sites for hydroxylation is 1. The quantitative estimate of drug-likeness (QED) is 0.843. The Morgan fingerprint density at radius 3 is 2.61 bits per heavy atom. The Kier molecular flexibility index (Phi) is 4.76. The molecule has 0 aliphatic carbocycles. The molecule has 0 fully saturated rings. The van der Waals surface area contributed by atoms with Gasteiger partial charge in [0.1, 0.15) is 5.75 Å². The predicted molar refractivity (Wildman–Crippen MR) is 73.6 cm³/mol. The van der Waals surface area contributed by atoms with Gasteiger partial charge in [-0.3, -0.25) is 4.79 Å². The van der Waals surface area contributed by atoms with E-state index < -0.39 is 0 Å². The first-order valence-corrected chi connectivity index (χ1v) is 6.43. The van der Waals surface area contributed by atoms with Crippen LogP contribution in [0.2, 0.25) is 0 Å². The molecule has 0 saturated carbocycles. The molecule has 0 aliphatic rings. The van der Waals surface area contributed by atoms with E-state index in [-0.39, 0.29) is 11.3 Å². The molecule has 0 aliphatic heterocycles. The molecule has 3 heteroatoms. The van der Waals surface area contributed by atoms with Gasteiger partial charge in [-0.1, -0.05) is 32.9 Å². The number of nitrogens with one attached hydrogen (secondary N) is 1. The van der Waals surface area contributed by atoms with Gasteiger partial charge in [-0.2, -0.15) is 0 Å². The van der Waals surface area contributed by atoms with Crippen LogP contribution in [0.1, 0.15) is 38.3 Å². The molecule has 0 bridgehead atoms. The number of carbonyl (C=O) groups excluding carboxylic acids is 1. The standard InChI is InChI=1S/C15H23NO2/c1-5-15(3,4)14(18)16-9-8-12-6-7-13(17)11(2)10-12/h6-7,10,17H,5,8-9H2,1-4H3,(H,16,18). The molecule has 0 unspecified atom stereocenters. The smallest absolute Gasteiger partial charge is 0.225 e. The van der Waals surface area contributed by atoms with Gasteiger partial charge in [0, 0.05) is 12.0 Å². The van der Waals surface area contributed by atoms with Gasteiger partial charge in [0.15, 0.2) is 0 Å². The molecule has 1 aromatic rings. The number of hydrogen-bond donors (Lipinski definition) is 2. The van der Waals surface area contributed by atoms with Crippen LogP contribution >= 0.6 is 0 Å². The van der Waals surface area contributed by atoms with Crippen molar-refractivity contribution in [1.29, 1.82) is 0 Å². The second-order valence-electron chi connectivity index (χ2n) is 5.36. The van der Waals surface area contributed by atoms with E-state index in [1.807, 2.05) is 39.8 Å². The van der Waals surface area contributed by atoms with E-state index in [2.05, 4.69) is 5.32 Å². The van der Waals surface area contributed by atoms with Crippen molar-refractivity contribution in [3.8, 4) is 5.75 Å². The lowest BCUT2D eigenvalue weighted by Gasteiger charge is -2.21. The van der Waals surface area contributed by atoms with E-state index in [0.29, 0.717) is 12.3 Å². The number of amides is 1. The largest absolute Gasteiger partial charge is 0.508 e. The van der Waals surface area contributed by atoms with Crippen LogP contribution in [0.4, 0.5) is 0 Å². The minimum absolute atomic E-state index is 0.0977. The highest BCUT2D eigenvalue weighted by Gasteiger charge is 2.24. The maximum Gasteiger partial charge on any atom is 0.225 e. The number of phenolic OH excluding ortho intramolecular Hbond substituents is 1. The topological polar surface area (TPSA) is 49.3 Å². The Balaban J connectivity index is 2.47. The second kappa shape index (κ2) is 5.89. The van der Waals surface area contributed by atoms with Crippen molar-refractivity contribution in [3.05, 3.63) is 29.3 Å². The van der Waals surface area contributed by atoms with Crippen molar-refractivity contribution < 1.29 is 9.90 Å². The fraction of sp³-hybridized carbons (Fsp3) is 0.533. The van der Waals surface area contributed by atoms with Crippen molar-refractivity contribution in [3.63, 3.8) is 0 Å². The molecule has 0 atom stereocenters. The number of hydrogen-bond acceptors (Lipinski definition) is 2. The first-order chi connectivity index (χ1) is 8.36. The third-order valence-corrected chi connectivity index (χ3v) is 3.46. The number of benzene rings is 1. The Morgan fingerprint density at radius 1 is 1.39 bits per heavy atom. The van der Waals surface area contributed by atoms with Gasteiger partial charge in [-0.25, -0.2) is 0 Å². The first-order valence-electron chi connectivity index (χ1n) is 6.43. The van der Waals surface area contributed by atoms with Crippen LogP contribution in [0, 0.1) is 12.3 Å². The first kappa shape index (κ1) is 14.6. The zero-order valence-corrected chi connectivity index (χ0v) is 11.7. The average Bonchev–Trinajstić information content (AvgIpc) is 2.33. The minimum Gasteiger partial charge on any atom is -0.508 e. The summed E-state index contributed by atoms with van der Waals surface area (Å²) < 4.78 is 0. The zero-order valence-electron chi connectivity index (χ0n) is 11.7. The van der Waals surface area contributed by atoms with Crippen molar-refractivity contribution in [2.75, 3.05) is 6.54 Å². The van der Waals surface area contributed by atoms with Gasteiger partial charge in [0.05, 0.1) is 0 Å². The summed E-state index contributed by atoms with van der Waals surface area (Å²) in [5.41, 5.74) is 1.69. The fourth-order valence-electron chi connectivity index (χ4n) is 1.59. The van der Waals surface area contributed by atoms with Gasteiger partial charge in [0.2, 0.25) is 5.91 Å². The molecule has 3 nitrogen and oxygen atoms in total. The molecule has 0 radical (unpaired) electrons. The Morgan fingerprint density at radius 2 is 2.06 bits per heavy atom. The van der Waals surface area contributed by atoms with E-state index in [1.165, 1.54) is 0 Å². The summed E-state index contributed by atoms with van der Waals surface area (Å²) in [7, 11) is 0. The summed E-state index contributed by atoms with van der Waals surface area (Å²) in [4.78, 5) is 11.9. The summed E-state index contributed by atoms with van der Waals surface area (Å²) >= 11 is 0. The molecule has 0 saturated heterocycles. The van der Waals surface area contributed by atoms with Crippen molar-refractivity contribution >= 4 is 5.91 Å². The highest BCUT2D eigenvalue weighted by Crippen LogP contribution is 2.20. The van der Waals surface area contributed by atoms with Crippen molar-refractivity contribution in [1.82, 2.24) is 5.32 Å². The van der Waals surface area contributed by atoms with Crippen LogP contribution in [0.15, 0.2) is 18.2 Å². The van der Waals surface area contributed by atoms with E-state index in [9.17, 15) is 9.90 Å². The van der Waals surface area contributed by atoms with Crippen LogP contribution in [0.25, 0.3) is 0 Å². The number of phenols is 1. The van der Waals surface area contributed by atoms with Gasteiger partial charge in [-0.05, 0) is 37.0 Å². The molecular weight excluding hydrogens is 226 g/mol. The summed E-state index contributed by atoms with van der Waals surface area (Å²) in [6, 6.07) is 5.54. The van der Waals surface area contributed by atoms with Crippen LogP contribution in [0.5, 0.6) is 5.75 Å². The maximum absolute atomic E-state index is 11.9. The van der Waals surface area contributed by atoms with E-state index >= 15 is 0 Å². The normalized spacial score (nSPS) is 11.3. The fourth-order valence-corrected chi connectivity index (χ4v) is 1.59. The third kappa shape index (κ3) is 3.76. The molecule has 1 amide bonds. The minimum atomic E-state index is -0.301. The molecule has 1 rings (SSSR count). The third-order valence-electron chi connectivity index (χ3n) is 3.46. The molecular formula is C15H23NO2. The zero-order chi connectivity index (χ0) is 13.8. The van der Waals surface area contributed by atoms with Gasteiger partial charge in [-0.15, -0.1) is 0 Å². The lowest BCUT2D eigenvalue weighted by Crippen LogP contribution is -2.37. The molecule has 0 aromatic heterocycles. The van der Waals surface area contributed by atoms with E-state index in [4.69, 9.17) is 0 Å². The maximum atomic E-state index is 11.9. The van der Waals surface area contributed by atoms with E-state index in [0.717, 1.165) is 24.0 Å². The summed E-state index contributed by atoms with van der Waals surface area (Å²) in [6.07, 6.45) is 1.61. The average molecular weight is 249 g/mol. The lowest BCUT2D eigenvalue weighted by atomic mass is 9.89. The summed E-state index contributed by atoms with van der Waals surface area (Å²) in [5, 5.41) is 12.4. The monoisotopic (exact) mass is 249 g/mol. The molecule has 1 aromatic carbocycles.